The first-order valence-corrected chi connectivity index (χ1v) is 7.54. The number of hydrazine groups is 1. The summed E-state index contributed by atoms with van der Waals surface area (Å²) in [4.78, 5) is 4.37. The highest BCUT2D eigenvalue weighted by molar-refractivity contribution is 6.34. The lowest BCUT2D eigenvalue weighted by Gasteiger charge is -2.36. The summed E-state index contributed by atoms with van der Waals surface area (Å²) < 4.78 is 0. The lowest BCUT2D eigenvalue weighted by Crippen LogP contribution is -2.37. The molecule has 3 N–H and O–H groups in total. The number of hydrogen-bond donors (Lipinski definition) is 2. The van der Waals surface area contributed by atoms with Crippen LogP contribution >= 0.6 is 23.2 Å². The molecule has 5 heteroatoms. The van der Waals surface area contributed by atoms with E-state index in [9.17, 15) is 0 Å². The Balaban J connectivity index is 2.23. The Morgan fingerprint density at radius 1 is 1.26 bits per heavy atom. The van der Waals surface area contributed by atoms with Crippen molar-refractivity contribution in [3.63, 3.8) is 0 Å². The smallest absolute Gasteiger partial charge is 0.0776 e. The van der Waals surface area contributed by atoms with Crippen molar-refractivity contribution in [3.8, 4) is 0 Å². The molecule has 1 aromatic heterocycles. The van der Waals surface area contributed by atoms with E-state index in [1.54, 1.807) is 12.3 Å². The molecule has 0 aromatic carbocycles. The lowest BCUT2D eigenvalue weighted by atomic mass is 9.73. The molecule has 3 atom stereocenters. The van der Waals surface area contributed by atoms with Crippen molar-refractivity contribution >= 4 is 23.2 Å². The van der Waals surface area contributed by atoms with E-state index in [0.29, 0.717) is 16.0 Å². The van der Waals surface area contributed by atoms with Gasteiger partial charge in [0.1, 0.15) is 0 Å². The SMILES string of the molecule is CC1CC(C)CC(C(NN)c2ncc(Cl)cc2Cl)C1. The van der Waals surface area contributed by atoms with Crippen LogP contribution in [0.4, 0.5) is 0 Å². The zero-order chi connectivity index (χ0) is 14.0. The highest BCUT2D eigenvalue weighted by Crippen LogP contribution is 2.40. The van der Waals surface area contributed by atoms with E-state index < -0.39 is 0 Å². The summed E-state index contributed by atoms with van der Waals surface area (Å²) in [6.45, 7) is 4.60. The minimum Gasteiger partial charge on any atom is -0.271 e. The number of aromatic nitrogens is 1. The Kier molecular flexibility index (Phi) is 5.07. The highest BCUT2D eigenvalue weighted by atomic mass is 35.5. The Morgan fingerprint density at radius 3 is 2.42 bits per heavy atom. The maximum atomic E-state index is 6.25. The standard InChI is InChI=1S/C14H21Cl2N3/c1-8-3-9(2)5-10(4-8)13(19-17)14-12(16)6-11(15)7-18-14/h6-10,13,19H,3-5,17H2,1-2H3. The van der Waals surface area contributed by atoms with Gasteiger partial charge in [-0.25, -0.2) is 0 Å². The quantitative estimate of drug-likeness (QED) is 0.656. The normalized spacial score (nSPS) is 29.2. The van der Waals surface area contributed by atoms with Gasteiger partial charge in [0.25, 0.3) is 0 Å². The van der Waals surface area contributed by atoms with Crippen LogP contribution in [0, 0.1) is 17.8 Å². The number of pyridine rings is 1. The summed E-state index contributed by atoms with van der Waals surface area (Å²) >= 11 is 12.2. The third-order valence-corrected chi connectivity index (χ3v) is 4.51. The van der Waals surface area contributed by atoms with Crippen LogP contribution in [0.3, 0.4) is 0 Å². The second kappa shape index (κ2) is 6.40. The van der Waals surface area contributed by atoms with Gasteiger partial charge in [-0.1, -0.05) is 37.0 Å². The molecule has 1 aliphatic carbocycles. The van der Waals surface area contributed by atoms with Crippen LogP contribution in [0.25, 0.3) is 0 Å². The summed E-state index contributed by atoms with van der Waals surface area (Å²) in [5.41, 5.74) is 3.70. The number of hydrogen-bond acceptors (Lipinski definition) is 3. The monoisotopic (exact) mass is 301 g/mol. The fourth-order valence-corrected chi connectivity index (χ4v) is 3.87. The largest absolute Gasteiger partial charge is 0.271 e. The maximum absolute atomic E-state index is 6.25. The maximum Gasteiger partial charge on any atom is 0.0776 e. The van der Waals surface area contributed by atoms with Gasteiger partial charge >= 0.3 is 0 Å². The molecule has 0 amide bonds. The van der Waals surface area contributed by atoms with E-state index in [1.807, 2.05) is 0 Å². The molecule has 0 aliphatic heterocycles. The molecule has 1 heterocycles. The van der Waals surface area contributed by atoms with E-state index >= 15 is 0 Å². The van der Waals surface area contributed by atoms with Crippen molar-refractivity contribution in [2.24, 2.45) is 23.6 Å². The van der Waals surface area contributed by atoms with Gasteiger partial charge in [-0.05, 0) is 43.1 Å². The summed E-state index contributed by atoms with van der Waals surface area (Å²) in [5, 5.41) is 1.14. The number of halogens is 2. The van der Waals surface area contributed by atoms with Crippen molar-refractivity contribution in [2.75, 3.05) is 0 Å². The minimum atomic E-state index is -0.00466. The molecule has 1 aliphatic rings. The van der Waals surface area contributed by atoms with E-state index in [-0.39, 0.29) is 6.04 Å². The number of nitrogens with zero attached hydrogens (tertiary/aromatic N) is 1. The van der Waals surface area contributed by atoms with Crippen molar-refractivity contribution < 1.29 is 0 Å². The fourth-order valence-electron chi connectivity index (χ4n) is 3.37. The molecule has 19 heavy (non-hydrogen) atoms. The summed E-state index contributed by atoms with van der Waals surface area (Å²) in [7, 11) is 0. The van der Waals surface area contributed by atoms with Gasteiger partial charge in [0.2, 0.25) is 0 Å². The molecule has 1 saturated carbocycles. The van der Waals surface area contributed by atoms with Crippen molar-refractivity contribution in [1.29, 1.82) is 0 Å². The van der Waals surface area contributed by atoms with Crippen molar-refractivity contribution in [1.82, 2.24) is 10.4 Å². The summed E-state index contributed by atoms with van der Waals surface area (Å²) in [6.07, 6.45) is 5.22. The molecule has 3 nitrogen and oxygen atoms in total. The molecule has 3 unspecified atom stereocenters. The Labute approximate surface area is 124 Å². The average molecular weight is 302 g/mol. The second-order valence-electron chi connectivity index (χ2n) is 5.84. The topological polar surface area (TPSA) is 50.9 Å². The average Bonchev–Trinajstić information content (AvgIpc) is 2.31. The van der Waals surface area contributed by atoms with Crippen LogP contribution in [-0.4, -0.2) is 4.98 Å². The van der Waals surface area contributed by atoms with Gasteiger partial charge in [0.15, 0.2) is 0 Å². The van der Waals surface area contributed by atoms with Gasteiger partial charge in [0, 0.05) is 6.20 Å². The molecule has 0 saturated heterocycles. The van der Waals surface area contributed by atoms with E-state index in [0.717, 1.165) is 30.4 Å². The fraction of sp³-hybridized carbons (Fsp3) is 0.643. The van der Waals surface area contributed by atoms with Crippen LogP contribution in [0.5, 0.6) is 0 Å². The Hall–Kier alpha value is -0.350. The predicted octanol–water partition coefficient (Wildman–Crippen LogP) is 3.97. The minimum absolute atomic E-state index is 0.00466. The van der Waals surface area contributed by atoms with Gasteiger partial charge < -0.3 is 0 Å². The van der Waals surface area contributed by atoms with Gasteiger partial charge in [0.05, 0.1) is 21.8 Å². The highest BCUT2D eigenvalue weighted by Gasteiger charge is 2.32. The first-order chi connectivity index (χ1) is 9.01. The van der Waals surface area contributed by atoms with Crippen LogP contribution in [0.2, 0.25) is 10.0 Å². The summed E-state index contributed by atoms with van der Waals surface area (Å²) in [5.74, 6) is 7.66. The van der Waals surface area contributed by atoms with Crippen molar-refractivity contribution in [3.05, 3.63) is 28.0 Å². The molecule has 1 fully saturated rings. The molecule has 2 rings (SSSR count). The third-order valence-electron chi connectivity index (χ3n) is 4.00. The number of rotatable bonds is 3. The van der Waals surface area contributed by atoms with E-state index in [4.69, 9.17) is 29.0 Å². The third kappa shape index (κ3) is 3.60. The van der Waals surface area contributed by atoms with E-state index in [2.05, 4.69) is 24.3 Å². The lowest BCUT2D eigenvalue weighted by molar-refractivity contribution is 0.175. The molecule has 106 valence electrons. The Morgan fingerprint density at radius 2 is 1.89 bits per heavy atom. The van der Waals surface area contributed by atoms with Gasteiger partial charge in [-0.15, -0.1) is 0 Å². The van der Waals surface area contributed by atoms with Crippen LogP contribution in [0.15, 0.2) is 12.3 Å². The van der Waals surface area contributed by atoms with Crippen LogP contribution < -0.4 is 11.3 Å². The molecular weight excluding hydrogens is 281 g/mol. The first kappa shape index (κ1) is 15.0. The van der Waals surface area contributed by atoms with Gasteiger partial charge in [-0.2, -0.15) is 0 Å². The number of nitrogens with two attached hydrogens (primary N) is 1. The molecule has 1 aromatic rings. The first-order valence-electron chi connectivity index (χ1n) is 6.78. The van der Waals surface area contributed by atoms with Crippen LogP contribution in [0.1, 0.15) is 44.8 Å². The molecule has 0 bridgehead atoms. The molecular formula is C14H21Cl2N3. The molecule has 0 spiro atoms. The number of nitrogens with one attached hydrogen (secondary N) is 1. The van der Waals surface area contributed by atoms with Gasteiger partial charge in [-0.3, -0.25) is 16.3 Å². The second-order valence-corrected chi connectivity index (χ2v) is 6.69. The van der Waals surface area contributed by atoms with E-state index in [1.165, 1.54) is 6.42 Å². The van der Waals surface area contributed by atoms with Crippen molar-refractivity contribution in [2.45, 2.75) is 39.2 Å². The van der Waals surface area contributed by atoms with Crippen LogP contribution in [-0.2, 0) is 0 Å². The zero-order valence-corrected chi connectivity index (χ0v) is 12.9. The zero-order valence-electron chi connectivity index (χ0n) is 11.4. The predicted molar refractivity (Wildman–Crippen MR) is 80.0 cm³/mol. The molecule has 0 radical (unpaired) electrons. The summed E-state index contributed by atoms with van der Waals surface area (Å²) in [6, 6.07) is 1.72. The Bertz CT molecular complexity index is 429.